The third-order valence-corrected chi connectivity index (χ3v) is 3.83. The van der Waals surface area contributed by atoms with Crippen molar-refractivity contribution < 1.29 is 0 Å². The molecule has 0 heteroatoms. The van der Waals surface area contributed by atoms with Crippen LogP contribution in [-0.4, -0.2) is 0 Å². The molecule has 2 unspecified atom stereocenters. The monoisotopic (exact) mass is 178 g/mol. The summed E-state index contributed by atoms with van der Waals surface area (Å²) in [5, 5.41) is 0. The van der Waals surface area contributed by atoms with E-state index in [9.17, 15) is 0 Å². The molecule has 1 saturated carbocycles. The minimum Gasteiger partial charge on any atom is -0.0885 e. The Morgan fingerprint density at radius 3 is 1.77 bits per heavy atom. The van der Waals surface area contributed by atoms with Gasteiger partial charge in [0, 0.05) is 0 Å². The first kappa shape index (κ1) is 9.30. The fourth-order valence-electron chi connectivity index (χ4n) is 3.33. The van der Waals surface area contributed by atoms with Crippen LogP contribution >= 0.6 is 0 Å². The van der Waals surface area contributed by atoms with Gasteiger partial charge in [0.05, 0.1) is 0 Å². The molecule has 0 N–H and O–H groups in total. The first-order valence-corrected chi connectivity index (χ1v) is 5.76. The average molecular weight is 178 g/mol. The lowest BCUT2D eigenvalue weighted by Crippen LogP contribution is -2.10. The normalized spacial score (nSPS) is 41.6. The second kappa shape index (κ2) is 3.15. The zero-order chi connectivity index (χ0) is 9.47. The van der Waals surface area contributed by atoms with Crippen LogP contribution in [-0.2, 0) is 0 Å². The van der Waals surface area contributed by atoms with E-state index in [2.05, 4.69) is 32.9 Å². The zero-order valence-corrected chi connectivity index (χ0v) is 9.22. The second-order valence-corrected chi connectivity index (χ2v) is 5.85. The molecule has 0 aromatic rings. The van der Waals surface area contributed by atoms with Gasteiger partial charge >= 0.3 is 0 Å². The fourth-order valence-corrected chi connectivity index (χ4v) is 3.33. The molecule has 74 valence electrons. The van der Waals surface area contributed by atoms with Crippen molar-refractivity contribution in [2.24, 2.45) is 23.2 Å². The lowest BCUT2D eigenvalue weighted by atomic mass is 9.87. The molecule has 0 heterocycles. The van der Waals surface area contributed by atoms with Crippen molar-refractivity contribution >= 4 is 0 Å². The summed E-state index contributed by atoms with van der Waals surface area (Å²) in [6.07, 6.45) is 10.3. The van der Waals surface area contributed by atoms with Gasteiger partial charge in [-0.15, -0.1) is 0 Å². The van der Waals surface area contributed by atoms with Gasteiger partial charge < -0.3 is 0 Å². The second-order valence-electron chi connectivity index (χ2n) is 5.85. The van der Waals surface area contributed by atoms with Gasteiger partial charge in [0.2, 0.25) is 0 Å². The molecule has 2 aliphatic rings. The molecular formula is C13H22. The third-order valence-electron chi connectivity index (χ3n) is 3.83. The summed E-state index contributed by atoms with van der Waals surface area (Å²) in [5.74, 6) is 3.14. The van der Waals surface area contributed by atoms with E-state index in [0.29, 0.717) is 5.41 Å². The lowest BCUT2D eigenvalue weighted by molar-refractivity contribution is 0.313. The Bertz CT molecular complexity index is 191. The highest BCUT2D eigenvalue weighted by Crippen LogP contribution is 2.60. The summed E-state index contributed by atoms with van der Waals surface area (Å²) < 4.78 is 0. The zero-order valence-electron chi connectivity index (χ0n) is 9.22. The van der Waals surface area contributed by atoms with E-state index in [4.69, 9.17) is 0 Å². The van der Waals surface area contributed by atoms with Gasteiger partial charge in [-0.3, -0.25) is 0 Å². The van der Waals surface area contributed by atoms with Crippen LogP contribution in [0.2, 0.25) is 0 Å². The van der Waals surface area contributed by atoms with E-state index >= 15 is 0 Å². The molecule has 13 heavy (non-hydrogen) atoms. The van der Waals surface area contributed by atoms with E-state index in [1.54, 1.807) is 0 Å². The van der Waals surface area contributed by atoms with Crippen molar-refractivity contribution in [1.29, 1.82) is 0 Å². The quantitative estimate of drug-likeness (QED) is 0.491. The molecule has 0 aromatic carbocycles. The molecule has 2 aliphatic carbocycles. The first-order valence-electron chi connectivity index (χ1n) is 5.76. The van der Waals surface area contributed by atoms with Gasteiger partial charge in [-0.05, 0) is 48.9 Å². The highest BCUT2D eigenvalue weighted by atomic mass is 14.6. The van der Waals surface area contributed by atoms with Gasteiger partial charge in [-0.25, -0.2) is 0 Å². The number of fused-ring (bicyclic) bond motifs is 1. The van der Waals surface area contributed by atoms with Crippen LogP contribution in [0.5, 0.6) is 0 Å². The molecule has 2 atom stereocenters. The third kappa shape index (κ3) is 1.82. The Labute approximate surface area is 82.4 Å². The molecule has 2 rings (SSSR count). The van der Waals surface area contributed by atoms with Crippen LogP contribution in [0.25, 0.3) is 0 Å². The first-order chi connectivity index (χ1) is 6.11. The molecule has 0 amide bonds. The van der Waals surface area contributed by atoms with Gasteiger partial charge in [0.15, 0.2) is 0 Å². The van der Waals surface area contributed by atoms with E-state index in [1.165, 1.54) is 25.7 Å². The summed E-state index contributed by atoms with van der Waals surface area (Å²) in [7, 11) is 0. The summed E-state index contributed by atoms with van der Waals surface area (Å²) in [6, 6.07) is 0. The molecule has 0 nitrogen and oxygen atoms in total. The Hall–Kier alpha value is -0.260. The van der Waals surface area contributed by atoms with Crippen molar-refractivity contribution in [3.05, 3.63) is 12.2 Å². The van der Waals surface area contributed by atoms with Crippen LogP contribution in [0.4, 0.5) is 0 Å². The minimum atomic E-state index is 0.555. The van der Waals surface area contributed by atoms with Gasteiger partial charge in [0.25, 0.3) is 0 Å². The summed E-state index contributed by atoms with van der Waals surface area (Å²) >= 11 is 0. The molecule has 0 bridgehead atoms. The maximum absolute atomic E-state index is 2.41. The highest BCUT2D eigenvalue weighted by molar-refractivity contribution is 5.05. The summed E-state index contributed by atoms with van der Waals surface area (Å²) in [4.78, 5) is 0. The number of allylic oxidation sites excluding steroid dienone is 2. The fraction of sp³-hybridized carbons (Fsp3) is 0.846. The Morgan fingerprint density at radius 2 is 1.38 bits per heavy atom. The lowest BCUT2D eigenvalue weighted by Gasteiger charge is -2.18. The van der Waals surface area contributed by atoms with Crippen LogP contribution in [0.1, 0.15) is 46.5 Å². The van der Waals surface area contributed by atoms with Crippen LogP contribution in [0.3, 0.4) is 0 Å². The predicted molar refractivity (Wildman–Crippen MR) is 57.5 cm³/mol. The summed E-state index contributed by atoms with van der Waals surface area (Å²) in [5.41, 5.74) is 0.555. The Morgan fingerprint density at radius 1 is 0.923 bits per heavy atom. The van der Waals surface area contributed by atoms with E-state index in [1.807, 2.05) is 0 Å². The van der Waals surface area contributed by atoms with Crippen LogP contribution < -0.4 is 0 Å². The average Bonchev–Trinajstić information content (AvgIpc) is 2.59. The number of hydrogen-bond acceptors (Lipinski definition) is 0. The van der Waals surface area contributed by atoms with E-state index in [-0.39, 0.29) is 0 Å². The van der Waals surface area contributed by atoms with Crippen LogP contribution in [0.15, 0.2) is 12.2 Å². The highest BCUT2D eigenvalue weighted by Gasteiger charge is 2.53. The molecule has 0 aromatic heterocycles. The van der Waals surface area contributed by atoms with Gasteiger partial charge in [-0.2, -0.15) is 0 Å². The van der Waals surface area contributed by atoms with Gasteiger partial charge in [-0.1, -0.05) is 32.9 Å². The Balaban J connectivity index is 1.99. The molecule has 0 saturated heterocycles. The minimum absolute atomic E-state index is 0.555. The maximum atomic E-state index is 2.41. The SMILES string of the molecule is CC(C)(C)C1C2CC/C=C\CCC21. The number of rotatable bonds is 0. The van der Waals surface area contributed by atoms with Crippen molar-refractivity contribution in [1.82, 2.24) is 0 Å². The Kier molecular flexibility index (Phi) is 2.25. The van der Waals surface area contributed by atoms with E-state index in [0.717, 1.165) is 17.8 Å². The van der Waals surface area contributed by atoms with E-state index < -0.39 is 0 Å². The predicted octanol–water partition coefficient (Wildman–Crippen LogP) is 4.02. The molecule has 0 spiro atoms. The standard InChI is InChI=1S/C13H22/c1-13(2,3)12-10-8-6-4-5-7-9-11(10)12/h4-5,10-12H,6-9H2,1-3H3/b5-4-. The maximum Gasteiger partial charge on any atom is -0.0303 e. The van der Waals surface area contributed by atoms with Crippen molar-refractivity contribution in [3.8, 4) is 0 Å². The molecule has 1 fully saturated rings. The summed E-state index contributed by atoms with van der Waals surface area (Å²) in [6.45, 7) is 7.24. The largest absolute Gasteiger partial charge is 0.0885 e. The molecule has 0 aliphatic heterocycles. The molecular weight excluding hydrogens is 156 g/mol. The van der Waals surface area contributed by atoms with Crippen LogP contribution in [0, 0.1) is 23.2 Å². The van der Waals surface area contributed by atoms with Crippen molar-refractivity contribution in [2.45, 2.75) is 46.5 Å². The topological polar surface area (TPSA) is 0 Å². The number of hydrogen-bond donors (Lipinski definition) is 0. The smallest absolute Gasteiger partial charge is 0.0303 e. The van der Waals surface area contributed by atoms with Crippen molar-refractivity contribution in [2.75, 3.05) is 0 Å². The molecule has 0 radical (unpaired) electrons. The van der Waals surface area contributed by atoms with Gasteiger partial charge in [0.1, 0.15) is 0 Å². The van der Waals surface area contributed by atoms with Crippen molar-refractivity contribution in [3.63, 3.8) is 0 Å².